The Balaban J connectivity index is 2.13. The Labute approximate surface area is 96.2 Å². The average molecular weight is 268 g/mol. The van der Waals surface area contributed by atoms with Gasteiger partial charge in [-0.2, -0.15) is 0 Å². The van der Waals surface area contributed by atoms with Crippen molar-refractivity contribution in [2.75, 3.05) is 6.54 Å². The number of halogens is 1. The number of likely N-dealkylation sites (tertiary alicyclic amines) is 1. The standard InChI is InChI=1S/C11H10BrNO2/c12-10-4-2-1-3-8(10)6-13-7-9(14)5-11(13)15/h1-4H,5-7H2. The molecule has 1 heterocycles. The van der Waals surface area contributed by atoms with Crippen molar-refractivity contribution in [3.8, 4) is 0 Å². The molecule has 1 amide bonds. The fourth-order valence-electron chi connectivity index (χ4n) is 1.61. The lowest BCUT2D eigenvalue weighted by Gasteiger charge is -2.15. The van der Waals surface area contributed by atoms with E-state index in [9.17, 15) is 9.59 Å². The molecule has 1 aliphatic rings. The Bertz CT molecular complexity index is 417. The molecule has 3 nitrogen and oxygen atoms in total. The van der Waals surface area contributed by atoms with Crippen LogP contribution in [0.4, 0.5) is 0 Å². The second-order valence-corrected chi connectivity index (χ2v) is 4.41. The number of hydrogen-bond donors (Lipinski definition) is 0. The average Bonchev–Trinajstić information content (AvgIpc) is 2.49. The third-order valence-corrected chi connectivity index (χ3v) is 3.16. The summed E-state index contributed by atoms with van der Waals surface area (Å²) in [6.45, 7) is 0.756. The van der Waals surface area contributed by atoms with Crippen LogP contribution in [-0.2, 0) is 16.1 Å². The molecule has 0 unspecified atom stereocenters. The van der Waals surface area contributed by atoms with Crippen molar-refractivity contribution in [3.05, 3.63) is 34.3 Å². The number of nitrogens with zero attached hydrogens (tertiary/aromatic N) is 1. The summed E-state index contributed by atoms with van der Waals surface area (Å²) in [7, 11) is 0. The molecule has 4 heteroatoms. The highest BCUT2D eigenvalue weighted by Crippen LogP contribution is 2.19. The molecule has 15 heavy (non-hydrogen) atoms. The highest BCUT2D eigenvalue weighted by molar-refractivity contribution is 9.10. The molecule has 1 aromatic rings. The van der Waals surface area contributed by atoms with Gasteiger partial charge in [-0.15, -0.1) is 0 Å². The van der Waals surface area contributed by atoms with Crippen molar-refractivity contribution in [3.63, 3.8) is 0 Å². The molecular weight excluding hydrogens is 258 g/mol. The van der Waals surface area contributed by atoms with Gasteiger partial charge in [0.25, 0.3) is 0 Å². The molecule has 1 fully saturated rings. The van der Waals surface area contributed by atoms with Crippen LogP contribution in [-0.4, -0.2) is 23.1 Å². The molecule has 1 aliphatic heterocycles. The van der Waals surface area contributed by atoms with E-state index < -0.39 is 0 Å². The van der Waals surface area contributed by atoms with E-state index >= 15 is 0 Å². The topological polar surface area (TPSA) is 37.4 Å². The minimum Gasteiger partial charge on any atom is -0.331 e. The molecule has 78 valence electrons. The number of carbonyl (C=O) groups excluding carboxylic acids is 2. The van der Waals surface area contributed by atoms with Gasteiger partial charge in [0, 0.05) is 11.0 Å². The van der Waals surface area contributed by atoms with Gasteiger partial charge in [0.05, 0.1) is 13.0 Å². The predicted molar refractivity (Wildman–Crippen MR) is 59.2 cm³/mol. The molecule has 0 bridgehead atoms. The Morgan fingerprint density at radius 1 is 1.27 bits per heavy atom. The Morgan fingerprint density at radius 3 is 2.60 bits per heavy atom. The Hall–Kier alpha value is -1.16. The molecule has 0 aliphatic carbocycles. The number of rotatable bonds is 2. The summed E-state index contributed by atoms with van der Waals surface area (Å²) >= 11 is 3.42. The van der Waals surface area contributed by atoms with Crippen molar-refractivity contribution in [2.24, 2.45) is 0 Å². The van der Waals surface area contributed by atoms with E-state index in [1.807, 2.05) is 24.3 Å². The zero-order valence-corrected chi connectivity index (χ0v) is 9.66. The van der Waals surface area contributed by atoms with Crippen LogP contribution in [0, 0.1) is 0 Å². The van der Waals surface area contributed by atoms with Crippen LogP contribution in [0.25, 0.3) is 0 Å². The summed E-state index contributed by atoms with van der Waals surface area (Å²) in [4.78, 5) is 24.0. The fraction of sp³-hybridized carbons (Fsp3) is 0.273. The summed E-state index contributed by atoms with van der Waals surface area (Å²) in [6, 6.07) is 7.71. The number of ketones is 1. The van der Waals surface area contributed by atoms with Crippen LogP contribution in [0.2, 0.25) is 0 Å². The Morgan fingerprint density at radius 2 is 2.00 bits per heavy atom. The van der Waals surface area contributed by atoms with E-state index in [-0.39, 0.29) is 24.7 Å². The number of hydrogen-bond acceptors (Lipinski definition) is 2. The summed E-state index contributed by atoms with van der Waals surface area (Å²) in [6.07, 6.45) is 0.0600. The zero-order valence-electron chi connectivity index (χ0n) is 8.07. The quantitative estimate of drug-likeness (QED) is 0.766. The van der Waals surface area contributed by atoms with Crippen LogP contribution >= 0.6 is 15.9 Å². The highest BCUT2D eigenvalue weighted by Gasteiger charge is 2.27. The highest BCUT2D eigenvalue weighted by atomic mass is 79.9. The van der Waals surface area contributed by atoms with Crippen molar-refractivity contribution in [1.82, 2.24) is 4.90 Å². The van der Waals surface area contributed by atoms with E-state index in [1.54, 1.807) is 4.90 Å². The van der Waals surface area contributed by atoms with E-state index in [0.29, 0.717) is 6.54 Å². The molecule has 0 atom stereocenters. The minimum atomic E-state index is -0.0734. The molecule has 0 aromatic heterocycles. The van der Waals surface area contributed by atoms with Crippen LogP contribution in [0.5, 0.6) is 0 Å². The number of Topliss-reactive ketones (excluding diaryl/α,β-unsaturated/α-hetero) is 1. The summed E-state index contributed by atoms with van der Waals surface area (Å²) in [5.41, 5.74) is 1.03. The maximum Gasteiger partial charge on any atom is 0.230 e. The molecule has 0 saturated carbocycles. The predicted octanol–water partition coefficient (Wildman–Crippen LogP) is 1.75. The lowest BCUT2D eigenvalue weighted by Crippen LogP contribution is -2.24. The van der Waals surface area contributed by atoms with Crippen LogP contribution in [0.1, 0.15) is 12.0 Å². The first-order valence-corrected chi connectivity index (χ1v) is 5.49. The maximum atomic E-state index is 11.4. The molecule has 2 rings (SSSR count). The number of amides is 1. The monoisotopic (exact) mass is 267 g/mol. The van der Waals surface area contributed by atoms with Gasteiger partial charge >= 0.3 is 0 Å². The van der Waals surface area contributed by atoms with Gasteiger partial charge in [0.15, 0.2) is 5.78 Å². The second kappa shape index (κ2) is 4.14. The van der Waals surface area contributed by atoms with Crippen LogP contribution in [0.3, 0.4) is 0 Å². The van der Waals surface area contributed by atoms with Gasteiger partial charge in [-0.25, -0.2) is 0 Å². The van der Waals surface area contributed by atoms with Crippen molar-refractivity contribution in [1.29, 1.82) is 0 Å². The molecule has 0 N–H and O–H groups in total. The summed E-state index contributed by atoms with van der Waals surface area (Å²) in [5, 5.41) is 0. The first-order valence-electron chi connectivity index (χ1n) is 4.69. The van der Waals surface area contributed by atoms with E-state index in [0.717, 1.165) is 10.0 Å². The summed E-state index contributed by atoms with van der Waals surface area (Å²) in [5.74, 6) is -0.0668. The Kier molecular flexibility index (Phi) is 2.86. The second-order valence-electron chi connectivity index (χ2n) is 3.56. The van der Waals surface area contributed by atoms with Crippen LogP contribution < -0.4 is 0 Å². The largest absolute Gasteiger partial charge is 0.331 e. The smallest absolute Gasteiger partial charge is 0.230 e. The van der Waals surface area contributed by atoms with Gasteiger partial charge in [-0.05, 0) is 11.6 Å². The lowest BCUT2D eigenvalue weighted by molar-refractivity contribution is -0.128. The normalized spacial score (nSPS) is 16.2. The first kappa shape index (κ1) is 10.4. The third kappa shape index (κ3) is 2.26. The van der Waals surface area contributed by atoms with Crippen LogP contribution in [0.15, 0.2) is 28.7 Å². The molecule has 0 radical (unpaired) electrons. The van der Waals surface area contributed by atoms with E-state index in [2.05, 4.69) is 15.9 Å². The van der Waals surface area contributed by atoms with Gasteiger partial charge in [0.2, 0.25) is 5.91 Å². The van der Waals surface area contributed by atoms with Gasteiger partial charge in [0.1, 0.15) is 0 Å². The molecule has 1 aromatic carbocycles. The molecule has 0 spiro atoms. The fourth-order valence-corrected chi connectivity index (χ4v) is 2.02. The van der Waals surface area contributed by atoms with Gasteiger partial charge in [-0.1, -0.05) is 34.1 Å². The third-order valence-electron chi connectivity index (χ3n) is 2.39. The maximum absolute atomic E-state index is 11.4. The van der Waals surface area contributed by atoms with E-state index in [1.165, 1.54) is 0 Å². The van der Waals surface area contributed by atoms with Gasteiger partial charge in [-0.3, -0.25) is 9.59 Å². The minimum absolute atomic E-state index is 0.00653. The number of benzene rings is 1. The lowest BCUT2D eigenvalue weighted by atomic mass is 10.2. The summed E-state index contributed by atoms with van der Waals surface area (Å²) < 4.78 is 0.970. The van der Waals surface area contributed by atoms with Crippen molar-refractivity contribution < 1.29 is 9.59 Å². The zero-order chi connectivity index (χ0) is 10.8. The molecular formula is C11H10BrNO2. The molecule has 1 saturated heterocycles. The van der Waals surface area contributed by atoms with Crippen molar-refractivity contribution >= 4 is 27.6 Å². The van der Waals surface area contributed by atoms with Crippen molar-refractivity contribution in [2.45, 2.75) is 13.0 Å². The first-order chi connectivity index (χ1) is 7.16. The van der Waals surface area contributed by atoms with E-state index in [4.69, 9.17) is 0 Å². The SMILES string of the molecule is O=C1CC(=O)N(Cc2ccccc2Br)C1. The van der Waals surface area contributed by atoms with Gasteiger partial charge < -0.3 is 4.90 Å². The number of carbonyl (C=O) groups is 2.